The lowest BCUT2D eigenvalue weighted by atomic mass is 9.98. The second-order valence-corrected chi connectivity index (χ2v) is 7.74. The lowest BCUT2D eigenvalue weighted by Gasteiger charge is -2.17. The molecule has 0 fully saturated rings. The molecule has 2 aliphatic carbocycles. The van der Waals surface area contributed by atoms with Crippen LogP contribution in [0.2, 0.25) is 0 Å². The molecule has 2 aliphatic rings. The second-order valence-electron chi connectivity index (χ2n) is 7.74. The summed E-state index contributed by atoms with van der Waals surface area (Å²) in [6.07, 6.45) is 3.27. The van der Waals surface area contributed by atoms with Crippen molar-refractivity contribution in [3.05, 3.63) is 71.8 Å². The van der Waals surface area contributed by atoms with Crippen LogP contribution >= 0.6 is 0 Å². The van der Waals surface area contributed by atoms with Gasteiger partial charge in [-0.1, -0.05) is 60.7 Å². The number of carboxylic acid groups (broad SMARTS) is 1. The average molecular weight is 420 g/mol. The smallest absolute Gasteiger partial charge is 0.407 e. The molecule has 160 valence electrons. The molecule has 0 heterocycles. The lowest BCUT2D eigenvalue weighted by molar-refractivity contribution is -0.137. The summed E-state index contributed by atoms with van der Waals surface area (Å²) < 4.78 is 5.54. The third kappa shape index (κ3) is 4.60. The highest BCUT2D eigenvalue weighted by Crippen LogP contribution is 2.44. The van der Waals surface area contributed by atoms with Gasteiger partial charge in [-0.3, -0.25) is 9.59 Å². The van der Waals surface area contributed by atoms with Gasteiger partial charge in [0, 0.05) is 12.5 Å². The summed E-state index contributed by atoms with van der Waals surface area (Å²) in [5, 5.41) is 14.0. The summed E-state index contributed by atoms with van der Waals surface area (Å²) in [6.45, 7) is 0.318. The third-order valence-corrected chi connectivity index (χ3v) is 5.71. The summed E-state index contributed by atoms with van der Waals surface area (Å²) in [5.74, 6) is -1.61. The fraction of sp³-hybridized carbons (Fsp3) is 0.292. The maximum absolute atomic E-state index is 12.4. The molecule has 7 nitrogen and oxygen atoms in total. The van der Waals surface area contributed by atoms with E-state index in [9.17, 15) is 14.4 Å². The highest BCUT2D eigenvalue weighted by molar-refractivity contribution is 5.82. The Bertz CT molecular complexity index is 987. The van der Waals surface area contributed by atoms with Crippen molar-refractivity contribution in [2.24, 2.45) is 5.92 Å². The van der Waals surface area contributed by atoms with Crippen LogP contribution in [0, 0.1) is 5.92 Å². The molecule has 2 aromatic carbocycles. The summed E-state index contributed by atoms with van der Waals surface area (Å²) in [7, 11) is 0. The van der Waals surface area contributed by atoms with E-state index >= 15 is 0 Å². The van der Waals surface area contributed by atoms with Crippen LogP contribution in [0.4, 0.5) is 4.79 Å². The van der Waals surface area contributed by atoms with Crippen LogP contribution in [-0.2, 0) is 14.3 Å². The van der Waals surface area contributed by atoms with E-state index in [4.69, 9.17) is 9.84 Å². The van der Waals surface area contributed by atoms with Gasteiger partial charge in [0.05, 0.1) is 18.4 Å². The Morgan fingerprint density at radius 3 is 2.26 bits per heavy atom. The molecule has 0 spiro atoms. The standard InChI is InChI=1S/C24H24N2O5/c27-22(28)11-12-25-23(29)15-9-10-16(13-15)26-24(30)31-14-21-19-7-3-1-5-17(19)18-6-2-4-8-20(18)21/h1-10,15-16,21H,11-14H2,(H,25,29)(H,26,30)(H,27,28). The molecule has 2 unspecified atom stereocenters. The molecule has 3 N–H and O–H groups in total. The Kier molecular flexibility index (Phi) is 6.02. The predicted molar refractivity (Wildman–Crippen MR) is 115 cm³/mol. The van der Waals surface area contributed by atoms with Crippen molar-refractivity contribution >= 4 is 18.0 Å². The number of hydrogen-bond donors (Lipinski definition) is 3. The van der Waals surface area contributed by atoms with Gasteiger partial charge in [0.2, 0.25) is 5.91 Å². The van der Waals surface area contributed by atoms with Gasteiger partial charge in [-0.2, -0.15) is 0 Å². The number of benzene rings is 2. The Morgan fingerprint density at radius 1 is 0.968 bits per heavy atom. The molecular formula is C24H24N2O5. The van der Waals surface area contributed by atoms with Gasteiger partial charge >= 0.3 is 12.1 Å². The number of carboxylic acids is 1. The zero-order chi connectivity index (χ0) is 21.8. The van der Waals surface area contributed by atoms with Crippen molar-refractivity contribution in [3.8, 4) is 11.1 Å². The maximum Gasteiger partial charge on any atom is 0.407 e. The number of hydrogen-bond acceptors (Lipinski definition) is 4. The van der Waals surface area contributed by atoms with Gasteiger partial charge < -0.3 is 20.5 Å². The van der Waals surface area contributed by atoms with Crippen LogP contribution in [0.25, 0.3) is 11.1 Å². The number of carbonyl (C=O) groups excluding carboxylic acids is 2. The molecule has 0 saturated heterocycles. The molecule has 0 aliphatic heterocycles. The van der Waals surface area contributed by atoms with Crippen LogP contribution in [0.5, 0.6) is 0 Å². The molecule has 7 heteroatoms. The number of nitrogens with one attached hydrogen (secondary N) is 2. The number of aliphatic carboxylic acids is 1. The second kappa shape index (κ2) is 9.04. The van der Waals surface area contributed by atoms with E-state index in [0.717, 1.165) is 11.1 Å². The minimum absolute atomic E-state index is 0.00923. The van der Waals surface area contributed by atoms with Crippen molar-refractivity contribution in [3.63, 3.8) is 0 Å². The zero-order valence-corrected chi connectivity index (χ0v) is 16.9. The molecule has 2 atom stereocenters. The third-order valence-electron chi connectivity index (χ3n) is 5.71. The number of rotatable bonds is 7. The first-order valence-electron chi connectivity index (χ1n) is 10.3. The van der Waals surface area contributed by atoms with Crippen molar-refractivity contribution in [2.45, 2.75) is 24.8 Å². The molecule has 0 radical (unpaired) electrons. The Morgan fingerprint density at radius 2 is 1.61 bits per heavy atom. The number of amides is 2. The number of ether oxygens (including phenoxy) is 1. The Hall–Kier alpha value is -3.61. The van der Waals surface area contributed by atoms with Crippen LogP contribution in [0.3, 0.4) is 0 Å². The molecule has 2 aromatic rings. The van der Waals surface area contributed by atoms with Crippen LogP contribution in [-0.4, -0.2) is 42.3 Å². The normalized spacial score (nSPS) is 18.8. The largest absolute Gasteiger partial charge is 0.481 e. The summed E-state index contributed by atoms with van der Waals surface area (Å²) >= 11 is 0. The Balaban J connectivity index is 1.28. The van der Waals surface area contributed by atoms with Gasteiger partial charge in [0.15, 0.2) is 0 Å². The van der Waals surface area contributed by atoms with E-state index in [0.29, 0.717) is 6.42 Å². The van der Waals surface area contributed by atoms with Crippen molar-refractivity contribution in [2.75, 3.05) is 13.2 Å². The minimum Gasteiger partial charge on any atom is -0.481 e. The van der Waals surface area contributed by atoms with E-state index in [1.807, 2.05) is 24.3 Å². The van der Waals surface area contributed by atoms with Crippen molar-refractivity contribution in [1.82, 2.24) is 10.6 Å². The van der Waals surface area contributed by atoms with Crippen LogP contribution < -0.4 is 10.6 Å². The molecule has 31 heavy (non-hydrogen) atoms. The van der Waals surface area contributed by atoms with Gasteiger partial charge in [-0.25, -0.2) is 4.79 Å². The first-order valence-corrected chi connectivity index (χ1v) is 10.3. The topological polar surface area (TPSA) is 105 Å². The summed E-state index contributed by atoms with van der Waals surface area (Å²) in [5.41, 5.74) is 4.64. The van der Waals surface area contributed by atoms with Gasteiger partial charge in [0.1, 0.15) is 6.61 Å². The Labute approximate surface area is 180 Å². The lowest BCUT2D eigenvalue weighted by Crippen LogP contribution is -2.36. The fourth-order valence-corrected chi connectivity index (χ4v) is 4.22. The van der Waals surface area contributed by atoms with E-state index < -0.39 is 18.0 Å². The monoisotopic (exact) mass is 420 g/mol. The molecule has 2 amide bonds. The van der Waals surface area contributed by atoms with E-state index in [1.165, 1.54) is 11.1 Å². The first kappa shape index (κ1) is 20.7. The maximum atomic E-state index is 12.4. The molecule has 4 rings (SSSR count). The predicted octanol–water partition coefficient (Wildman–Crippen LogP) is 3.06. The molecule has 0 aromatic heterocycles. The number of alkyl carbamates (subject to hydrolysis) is 1. The van der Waals surface area contributed by atoms with Gasteiger partial charge in [-0.15, -0.1) is 0 Å². The minimum atomic E-state index is -0.961. The molecular weight excluding hydrogens is 396 g/mol. The van der Waals surface area contributed by atoms with Crippen LogP contribution in [0.15, 0.2) is 60.7 Å². The van der Waals surface area contributed by atoms with Crippen molar-refractivity contribution in [1.29, 1.82) is 0 Å². The highest BCUT2D eigenvalue weighted by Gasteiger charge is 2.30. The zero-order valence-electron chi connectivity index (χ0n) is 16.9. The quantitative estimate of drug-likeness (QED) is 0.597. The van der Waals surface area contributed by atoms with Crippen molar-refractivity contribution < 1.29 is 24.2 Å². The molecule has 0 saturated carbocycles. The summed E-state index contributed by atoms with van der Waals surface area (Å²) in [6, 6.07) is 16.0. The van der Waals surface area contributed by atoms with Gasteiger partial charge in [-0.05, 0) is 28.7 Å². The van der Waals surface area contributed by atoms with E-state index in [1.54, 1.807) is 12.2 Å². The number of fused-ring (bicyclic) bond motifs is 3. The van der Waals surface area contributed by atoms with E-state index in [-0.39, 0.29) is 37.4 Å². The highest BCUT2D eigenvalue weighted by atomic mass is 16.5. The van der Waals surface area contributed by atoms with Crippen LogP contribution in [0.1, 0.15) is 29.9 Å². The SMILES string of the molecule is O=C(O)CCNC(=O)C1C=CC(NC(=O)OCC2c3ccccc3-c3ccccc32)C1. The first-order chi connectivity index (χ1) is 15.0. The average Bonchev–Trinajstić information content (AvgIpc) is 3.35. The summed E-state index contributed by atoms with van der Waals surface area (Å²) in [4.78, 5) is 35.0. The molecule has 0 bridgehead atoms. The van der Waals surface area contributed by atoms with Gasteiger partial charge in [0.25, 0.3) is 0 Å². The fourth-order valence-electron chi connectivity index (χ4n) is 4.22. The number of carbonyl (C=O) groups is 3. The van der Waals surface area contributed by atoms with E-state index in [2.05, 4.69) is 34.9 Å².